The molecular formula is C22H45NO8. The highest BCUT2D eigenvalue weighted by Crippen LogP contribution is 1.98. The Morgan fingerprint density at radius 3 is 1.74 bits per heavy atom. The van der Waals surface area contributed by atoms with E-state index >= 15 is 0 Å². The Labute approximate surface area is 188 Å². The van der Waals surface area contributed by atoms with Gasteiger partial charge in [0.25, 0.3) is 0 Å². The van der Waals surface area contributed by atoms with Crippen LogP contribution in [0.15, 0.2) is 0 Å². The number of carbonyl (C=O) groups excluding carboxylic acids is 2. The van der Waals surface area contributed by atoms with Gasteiger partial charge < -0.3 is 29.4 Å². The molecule has 0 bridgehead atoms. The van der Waals surface area contributed by atoms with Crippen LogP contribution in [0.2, 0.25) is 0 Å². The fraction of sp³-hybridized carbons (Fsp3) is 0.864. The van der Waals surface area contributed by atoms with E-state index in [0.717, 1.165) is 19.4 Å². The molecule has 0 unspecified atom stereocenters. The number of ether oxygens (including phenoxy) is 4. The van der Waals surface area contributed by atoms with E-state index in [0.29, 0.717) is 44.8 Å². The maximum Gasteiger partial charge on any atom is 0.329 e. The van der Waals surface area contributed by atoms with Gasteiger partial charge in [0.2, 0.25) is 5.91 Å². The lowest BCUT2D eigenvalue weighted by atomic mass is 10.1. The third-order valence-electron chi connectivity index (χ3n) is 3.39. The molecular weight excluding hydrogens is 406 g/mol. The highest BCUT2D eigenvalue weighted by Gasteiger charge is 2.03. The number of hydrogen-bond acceptors (Lipinski definition) is 7. The van der Waals surface area contributed by atoms with E-state index in [4.69, 9.17) is 19.3 Å². The molecule has 0 aromatic rings. The first kappa shape index (κ1) is 34.1. The van der Waals surface area contributed by atoms with Crippen LogP contribution in [0.5, 0.6) is 0 Å². The van der Waals surface area contributed by atoms with Crippen molar-refractivity contribution in [1.29, 1.82) is 0 Å². The molecule has 0 aromatic carbocycles. The smallest absolute Gasteiger partial charge is 0.329 e. The van der Waals surface area contributed by atoms with E-state index in [1.807, 2.05) is 0 Å². The number of aliphatic carboxylic acids is 1. The molecule has 2 N–H and O–H groups in total. The molecule has 9 nitrogen and oxygen atoms in total. The maximum absolute atomic E-state index is 11.0. The van der Waals surface area contributed by atoms with Gasteiger partial charge in [0, 0.05) is 13.2 Å². The van der Waals surface area contributed by atoms with Gasteiger partial charge in [0.1, 0.15) is 19.8 Å². The second-order valence-corrected chi connectivity index (χ2v) is 7.58. The topological polar surface area (TPSA) is 120 Å². The zero-order valence-corrected chi connectivity index (χ0v) is 19.2. The largest absolute Gasteiger partial charge is 0.480 e. The quantitative estimate of drug-likeness (QED) is 0.305. The molecule has 0 radical (unpaired) electrons. The minimum Gasteiger partial charge on any atom is -0.480 e. The van der Waals surface area contributed by atoms with Crippen LogP contribution in [-0.2, 0) is 33.3 Å². The summed E-state index contributed by atoms with van der Waals surface area (Å²) < 4.78 is 20.3. The van der Waals surface area contributed by atoms with Crippen molar-refractivity contribution >= 4 is 17.7 Å². The molecule has 186 valence electrons. The van der Waals surface area contributed by atoms with Crippen molar-refractivity contribution in [3.8, 4) is 0 Å². The van der Waals surface area contributed by atoms with Gasteiger partial charge in [0.05, 0.1) is 26.4 Å². The second kappa shape index (κ2) is 24.7. The van der Waals surface area contributed by atoms with Gasteiger partial charge in [-0.25, -0.2) is 4.79 Å². The van der Waals surface area contributed by atoms with E-state index in [9.17, 15) is 14.4 Å². The number of amides is 1. The highest BCUT2D eigenvalue weighted by atomic mass is 16.5. The number of carboxylic acid groups (broad SMARTS) is 1. The summed E-state index contributed by atoms with van der Waals surface area (Å²) in [5, 5.41) is 10.8. The predicted molar refractivity (Wildman–Crippen MR) is 120 cm³/mol. The van der Waals surface area contributed by atoms with Crippen LogP contribution in [0.4, 0.5) is 0 Å². The summed E-state index contributed by atoms with van der Waals surface area (Å²) in [6, 6.07) is 0. The summed E-state index contributed by atoms with van der Waals surface area (Å²) in [4.78, 5) is 31.5. The maximum atomic E-state index is 11.0. The fourth-order valence-corrected chi connectivity index (χ4v) is 1.76. The number of rotatable bonds is 18. The Morgan fingerprint density at radius 2 is 1.26 bits per heavy atom. The van der Waals surface area contributed by atoms with Crippen molar-refractivity contribution in [2.24, 2.45) is 11.8 Å². The van der Waals surface area contributed by atoms with Crippen LogP contribution in [0.25, 0.3) is 0 Å². The summed E-state index contributed by atoms with van der Waals surface area (Å²) in [7, 11) is 0. The van der Waals surface area contributed by atoms with Gasteiger partial charge in [-0.3, -0.25) is 9.59 Å². The Bertz CT molecular complexity index is 441. The van der Waals surface area contributed by atoms with E-state index in [1.54, 1.807) is 0 Å². The Morgan fingerprint density at radius 1 is 0.742 bits per heavy atom. The second-order valence-electron chi connectivity index (χ2n) is 7.58. The first-order valence-corrected chi connectivity index (χ1v) is 10.4. The molecule has 1 amide bonds. The third-order valence-corrected chi connectivity index (χ3v) is 3.39. The lowest BCUT2D eigenvalue weighted by Gasteiger charge is -2.07. The lowest BCUT2D eigenvalue weighted by Crippen LogP contribution is -2.29. The molecule has 0 saturated carbocycles. The normalized spacial score (nSPS) is 10.3. The van der Waals surface area contributed by atoms with E-state index in [2.05, 4.69) is 37.7 Å². The van der Waals surface area contributed by atoms with Crippen molar-refractivity contribution in [3.63, 3.8) is 0 Å². The third kappa shape index (κ3) is 36.2. The lowest BCUT2D eigenvalue weighted by molar-refractivity contribution is -0.143. The number of ketones is 1. The molecule has 0 aliphatic rings. The molecule has 0 spiro atoms. The number of Topliss-reactive ketones (excluding diaryl/α,β-unsaturated/α-hetero) is 1. The molecule has 0 rings (SSSR count). The molecule has 9 heteroatoms. The number of nitrogens with one attached hydrogen (secondary N) is 1. The van der Waals surface area contributed by atoms with Crippen LogP contribution in [0.1, 0.15) is 54.9 Å². The fourth-order valence-electron chi connectivity index (χ4n) is 1.76. The Balaban J connectivity index is -0.000000494. The number of carboxylic acids is 1. The number of carbonyl (C=O) groups is 3. The highest BCUT2D eigenvalue weighted by molar-refractivity contribution is 5.77. The van der Waals surface area contributed by atoms with Crippen molar-refractivity contribution < 1.29 is 38.4 Å². The first-order valence-electron chi connectivity index (χ1n) is 10.4. The molecule has 0 fully saturated rings. The van der Waals surface area contributed by atoms with Gasteiger partial charge in [0.15, 0.2) is 5.78 Å². The van der Waals surface area contributed by atoms with Crippen LogP contribution < -0.4 is 5.32 Å². The summed E-state index contributed by atoms with van der Waals surface area (Å²) in [5.41, 5.74) is 0. The van der Waals surface area contributed by atoms with Crippen molar-refractivity contribution in [3.05, 3.63) is 0 Å². The van der Waals surface area contributed by atoms with Crippen molar-refractivity contribution in [2.45, 2.75) is 54.9 Å². The van der Waals surface area contributed by atoms with E-state index in [-0.39, 0.29) is 32.3 Å². The summed E-state index contributed by atoms with van der Waals surface area (Å²) >= 11 is 0. The predicted octanol–water partition coefficient (Wildman–Crippen LogP) is 2.56. The average molecular weight is 452 g/mol. The van der Waals surface area contributed by atoms with E-state index < -0.39 is 12.6 Å². The molecule has 0 aromatic heterocycles. The van der Waals surface area contributed by atoms with Crippen LogP contribution in [0, 0.1) is 11.8 Å². The van der Waals surface area contributed by atoms with Crippen LogP contribution in [-0.4, -0.2) is 82.2 Å². The van der Waals surface area contributed by atoms with Gasteiger partial charge in [-0.1, -0.05) is 35.1 Å². The minimum atomic E-state index is -1.07. The zero-order valence-electron chi connectivity index (χ0n) is 19.2. The van der Waals surface area contributed by atoms with Gasteiger partial charge in [-0.2, -0.15) is 0 Å². The summed E-state index contributed by atoms with van der Waals surface area (Å²) in [6.45, 7) is 13.1. The van der Waals surface area contributed by atoms with Crippen molar-refractivity contribution in [2.75, 3.05) is 59.4 Å². The molecule has 0 aliphatic carbocycles. The molecule has 0 atom stereocenters. The number of hydrogen-bond donors (Lipinski definition) is 2. The molecule has 31 heavy (non-hydrogen) atoms. The summed E-state index contributed by atoms with van der Waals surface area (Å²) in [6.07, 6.45) is 1.99. The van der Waals surface area contributed by atoms with Crippen LogP contribution >= 0.6 is 0 Å². The standard InChI is InChI=1S/C12H24O4.C9H17NO4.CH4/c1-11(2)4-5-14-6-7-15-8-9-16-10-12(3)13;1-7(2)3-4-10-8(11)5-14-6-9(12)13;/h11H,4-10H2,1-3H3;7H,3-6H2,1-2H3,(H,10,11)(H,12,13);1H4. The van der Waals surface area contributed by atoms with Gasteiger partial charge in [-0.05, 0) is 31.6 Å². The molecule has 0 aliphatic heterocycles. The molecule has 0 heterocycles. The van der Waals surface area contributed by atoms with Gasteiger partial charge in [-0.15, -0.1) is 0 Å². The van der Waals surface area contributed by atoms with Crippen LogP contribution in [0.3, 0.4) is 0 Å². The minimum absolute atomic E-state index is 0. The average Bonchev–Trinajstić information content (AvgIpc) is 2.62. The Hall–Kier alpha value is -1.55. The molecule has 0 saturated heterocycles. The monoisotopic (exact) mass is 451 g/mol. The Kier molecular flexibility index (Phi) is 27.2. The first-order chi connectivity index (χ1) is 14.1. The van der Waals surface area contributed by atoms with Crippen molar-refractivity contribution in [1.82, 2.24) is 5.32 Å². The SMILES string of the molecule is C.CC(=O)COCCOCCOCCC(C)C.CC(C)CCNC(=O)COCC(=O)O. The van der Waals surface area contributed by atoms with Gasteiger partial charge >= 0.3 is 5.97 Å². The summed E-state index contributed by atoms with van der Waals surface area (Å²) in [5.74, 6) is -0.0833. The van der Waals surface area contributed by atoms with E-state index in [1.165, 1.54) is 6.92 Å². The zero-order chi connectivity index (χ0) is 23.2.